The molecule has 2 heterocycles. The summed E-state index contributed by atoms with van der Waals surface area (Å²) in [6.07, 6.45) is 7.42. The minimum atomic E-state index is 0.297. The Morgan fingerprint density at radius 1 is 1.17 bits per heavy atom. The topological polar surface area (TPSA) is 70.3 Å². The molecule has 1 aromatic heterocycles. The summed E-state index contributed by atoms with van der Waals surface area (Å²) in [6, 6.07) is 1.28. The van der Waals surface area contributed by atoms with E-state index in [1.165, 1.54) is 25.7 Å². The van der Waals surface area contributed by atoms with Crippen molar-refractivity contribution in [2.45, 2.75) is 64.1 Å². The van der Waals surface area contributed by atoms with Gasteiger partial charge in [0.05, 0.1) is 0 Å². The molecule has 1 atom stereocenters. The van der Waals surface area contributed by atoms with E-state index in [1.807, 2.05) is 11.6 Å². The summed E-state index contributed by atoms with van der Waals surface area (Å²) in [6.45, 7) is 7.59. The zero-order chi connectivity index (χ0) is 16.1. The summed E-state index contributed by atoms with van der Waals surface area (Å²) in [5, 5.41) is 21.0. The smallest absolute Gasteiger partial charge is 0.148 e. The standard InChI is InChI=1S/C16H30N6O/c1-14-17-18-19-22(14)9-4-8-20-10-11-21(15-5-2-3-6-15)16(13-20)7-12-23/h15-16,23H,2-13H2,1H3/t16-/m0/s1. The molecule has 7 heteroatoms. The van der Waals surface area contributed by atoms with Crippen molar-refractivity contribution in [3.63, 3.8) is 0 Å². The highest BCUT2D eigenvalue weighted by Gasteiger charge is 2.32. The molecule has 0 radical (unpaired) electrons. The van der Waals surface area contributed by atoms with Gasteiger partial charge in [-0.1, -0.05) is 12.8 Å². The summed E-state index contributed by atoms with van der Waals surface area (Å²) < 4.78 is 1.87. The molecule has 1 saturated carbocycles. The van der Waals surface area contributed by atoms with Gasteiger partial charge < -0.3 is 10.0 Å². The van der Waals surface area contributed by atoms with Crippen LogP contribution in [0.25, 0.3) is 0 Å². The molecule has 2 fully saturated rings. The van der Waals surface area contributed by atoms with Gasteiger partial charge >= 0.3 is 0 Å². The summed E-state index contributed by atoms with van der Waals surface area (Å²) in [7, 11) is 0. The minimum absolute atomic E-state index is 0.297. The molecule has 0 unspecified atom stereocenters. The number of hydrogen-bond acceptors (Lipinski definition) is 6. The molecule has 0 amide bonds. The van der Waals surface area contributed by atoms with E-state index < -0.39 is 0 Å². The van der Waals surface area contributed by atoms with Crippen LogP contribution < -0.4 is 0 Å². The van der Waals surface area contributed by atoms with Crippen molar-refractivity contribution >= 4 is 0 Å². The van der Waals surface area contributed by atoms with E-state index in [4.69, 9.17) is 0 Å². The van der Waals surface area contributed by atoms with E-state index in [0.717, 1.165) is 57.4 Å². The second-order valence-corrected chi connectivity index (χ2v) is 6.95. The molecule has 1 aliphatic carbocycles. The highest BCUT2D eigenvalue weighted by Crippen LogP contribution is 2.27. The molecule has 0 aromatic carbocycles. The zero-order valence-corrected chi connectivity index (χ0v) is 14.3. The van der Waals surface area contributed by atoms with Crippen LogP contribution in [0, 0.1) is 6.92 Å². The van der Waals surface area contributed by atoms with Crippen molar-refractivity contribution in [2.75, 3.05) is 32.8 Å². The molecule has 1 saturated heterocycles. The third-order valence-corrected chi connectivity index (χ3v) is 5.42. The fraction of sp³-hybridized carbons (Fsp3) is 0.938. The minimum Gasteiger partial charge on any atom is -0.396 e. The molecule has 23 heavy (non-hydrogen) atoms. The molecule has 2 aliphatic rings. The Hall–Kier alpha value is -1.05. The molecular weight excluding hydrogens is 292 g/mol. The lowest BCUT2D eigenvalue weighted by atomic mass is 10.0. The SMILES string of the molecule is Cc1nnnn1CCCN1CCN(C2CCCC2)[C@@H](CCO)C1. The van der Waals surface area contributed by atoms with Crippen LogP contribution in [-0.4, -0.2) is 80.0 Å². The summed E-state index contributed by atoms with van der Waals surface area (Å²) in [5.41, 5.74) is 0. The van der Waals surface area contributed by atoms with Crippen molar-refractivity contribution in [2.24, 2.45) is 0 Å². The van der Waals surface area contributed by atoms with Crippen LogP contribution in [0.2, 0.25) is 0 Å². The van der Waals surface area contributed by atoms with E-state index in [1.54, 1.807) is 0 Å². The lowest BCUT2D eigenvalue weighted by Gasteiger charge is -2.44. The molecule has 1 aromatic rings. The third kappa shape index (κ3) is 4.28. The summed E-state index contributed by atoms with van der Waals surface area (Å²) in [5.74, 6) is 0.884. The van der Waals surface area contributed by atoms with E-state index >= 15 is 0 Å². The largest absolute Gasteiger partial charge is 0.396 e. The van der Waals surface area contributed by atoms with Crippen molar-refractivity contribution in [1.29, 1.82) is 0 Å². The molecule has 0 spiro atoms. The number of piperazine rings is 1. The molecule has 3 rings (SSSR count). The third-order valence-electron chi connectivity index (χ3n) is 5.42. The lowest BCUT2D eigenvalue weighted by Crippen LogP contribution is -2.56. The molecule has 130 valence electrons. The summed E-state index contributed by atoms with van der Waals surface area (Å²) in [4.78, 5) is 5.23. The maximum absolute atomic E-state index is 9.43. The monoisotopic (exact) mass is 322 g/mol. The fourth-order valence-electron chi connectivity index (χ4n) is 4.16. The van der Waals surface area contributed by atoms with Crippen LogP contribution >= 0.6 is 0 Å². The van der Waals surface area contributed by atoms with E-state index in [0.29, 0.717) is 12.6 Å². The maximum Gasteiger partial charge on any atom is 0.148 e. The number of aliphatic hydroxyl groups is 1. The van der Waals surface area contributed by atoms with Gasteiger partial charge in [-0.15, -0.1) is 5.10 Å². The van der Waals surface area contributed by atoms with Gasteiger partial charge in [-0.05, 0) is 43.0 Å². The number of aryl methyl sites for hydroxylation is 2. The number of aromatic nitrogens is 4. The van der Waals surface area contributed by atoms with Gasteiger partial charge in [0.15, 0.2) is 0 Å². The number of tetrazole rings is 1. The highest BCUT2D eigenvalue weighted by atomic mass is 16.3. The first-order chi connectivity index (χ1) is 11.3. The first-order valence-corrected chi connectivity index (χ1v) is 9.09. The highest BCUT2D eigenvalue weighted by molar-refractivity contribution is 4.88. The maximum atomic E-state index is 9.43. The van der Waals surface area contributed by atoms with Gasteiger partial charge in [0.25, 0.3) is 0 Å². The van der Waals surface area contributed by atoms with Crippen LogP contribution in [0.3, 0.4) is 0 Å². The van der Waals surface area contributed by atoms with Crippen LogP contribution in [0.5, 0.6) is 0 Å². The number of hydrogen-bond donors (Lipinski definition) is 1. The molecule has 1 N–H and O–H groups in total. The quantitative estimate of drug-likeness (QED) is 0.796. The van der Waals surface area contributed by atoms with E-state index in [2.05, 4.69) is 25.3 Å². The van der Waals surface area contributed by atoms with Crippen molar-refractivity contribution in [3.05, 3.63) is 5.82 Å². The van der Waals surface area contributed by atoms with Crippen LogP contribution in [0.1, 0.15) is 44.3 Å². The van der Waals surface area contributed by atoms with Crippen molar-refractivity contribution in [1.82, 2.24) is 30.0 Å². The Kier molecular flexibility index (Phi) is 5.96. The first kappa shape index (κ1) is 16.8. The Balaban J connectivity index is 1.47. The molecule has 7 nitrogen and oxygen atoms in total. The lowest BCUT2D eigenvalue weighted by molar-refractivity contribution is 0.0290. The molecular formula is C16H30N6O. The van der Waals surface area contributed by atoms with Crippen LogP contribution in [0.15, 0.2) is 0 Å². The fourth-order valence-corrected chi connectivity index (χ4v) is 4.16. The first-order valence-electron chi connectivity index (χ1n) is 9.09. The number of rotatable bonds is 7. The zero-order valence-electron chi connectivity index (χ0n) is 14.3. The second-order valence-electron chi connectivity index (χ2n) is 6.95. The Bertz CT molecular complexity index is 473. The number of nitrogens with zero attached hydrogens (tertiary/aromatic N) is 6. The predicted molar refractivity (Wildman–Crippen MR) is 88.1 cm³/mol. The van der Waals surface area contributed by atoms with Gasteiger partial charge in [0.1, 0.15) is 5.82 Å². The van der Waals surface area contributed by atoms with E-state index in [9.17, 15) is 5.11 Å². The van der Waals surface area contributed by atoms with Gasteiger partial charge in [-0.25, -0.2) is 4.68 Å². The van der Waals surface area contributed by atoms with Gasteiger partial charge in [0.2, 0.25) is 0 Å². The Morgan fingerprint density at radius 2 is 2.00 bits per heavy atom. The Labute approximate surface area is 138 Å². The summed E-state index contributed by atoms with van der Waals surface area (Å²) >= 11 is 0. The normalized spacial score (nSPS) is 24.5. The molecule has 1 aliphatic heterocycles. The average molecular weight is 322 g/mol. The van der Waals surface area contributed by atoms with Gasteiger partial charge in [0, 0.05) is 51.4 Å². The Morgan fingerprint density at radius 3 is 2.70 bits per heavy atom. The van der Waals surface area contributed by atoms with Gasteiger partial charge in [-0.3, -0.25) is 4.90 Å². The predicted octanol–water partition coefficient (Wildman–Crippen LogP) is 0.683. The van der Waals surface area contributed by atoms with Gasteiger partial charge in [-0.2, -0.15) is 0 Å². The molecule has 0 bridgehead atoms. The second kappa shape index (κ2) is 8.17. The average Bonchev–Trinajstić information content (AvgIpc) is 3.20. The van der Waals surface area contributed by atoms with E-state index in [-0.39, 0.29) is 0 Å². The van der Waals surface area contributed by atoms with Crippen LogP contribution in [0.4, 0.5) is 0 Å². The van der Waals surface area contributed by atoms with Crippen LogP contribution in [-0.2, 0) is 6.54 Å². The number of aliphatic hydroxyl groups excluding tert-OH is 1. The van der Waals surface area contributed by atoms with Crippen molar-refractivity contribution in [3.8, 4) is 0 Å². The van der Waals surface area contributed by atoms with Crippen molar-refractivity contribution < 1.29 is 5.11 Å².